The summed E-state index contributed by atoms with van der Waals surface area (Å²) in [5.41, 5.74) is 0. The molecular formula is C15H21BrF2O2S. The SMILES string of the molecule is O=S(=O)(CCCCCCCCCBr)c1ccc(F)cc1F. The van der Waals surface area contributed by atoms with Crippen LogP contribution in [-0.2, 0) is 9.84 Å². The second-order valence-electron chi connectivity index (χ2n) is 5.06. The third kappa shape index (κ3) is 6.87. The lowest BCUT2D eigenvalue weighted by Gasteiger charge is -2.06. The van der Waals surface area contributed by atoms with E-state index in [-0.39, 0.29) is 5.75 Å². The van der Waals surface area contributed by atoms with E-state index in [4.69, 9.17) is 0 Å². The summed E-state index contributed by atoms with van der Waals surface area (Å²) < 4.78 is 50.2. The summed E-state index contributed by atoms with van der Waals surface area (Å²) >= 11 is 3.38. The Balaban J connectivity index is 2.33. The number of alkyl halides is 1. The Kier molecular flexibility index (Phi) is 8.41. The Morgan fingerprint density at radius 1 is 0.905 bits per heavy atom. The van der Waals surface area contributed by atoms with Crippen LogP contribution < -0.4 is 0 Å². The van der Waals surface area contributed by atoms with Crippen molar-refractivity contribution < 1.29 is 17.2 Å². The predicted molar refractivity (Wildman–Crippen MR) is 84.5 cm³/mol. The standard InChI is InChI=1S/C15H21BrF2O2S/c16-10-6-4-2-1-3-5-7-11-21(19,20)15-9-8-13(17)12-14(15)18/h8-9,12H,1-7,10-11H2. The first-order valence-electron chi connectivity index (χ1n) is 7.21. The summed E-state index contributed by atoms with van der Waals surface area (Å²) in [6.07, 6.45) is 6.92. The molecule has 0 saturated carbocycles. The van der Waals surface area contributed by atoms with Crippen molar-refractivity contribution in [2.45, 2.75) is 49.8 Å². The lowest BCUT2D eigenvalue weighted by Crippen LogP contribution is -2.09. The normalized spacial score (nSPS) is 11.8. The molecule has 0 aliphatic heterocycles. The number of hydrogen-bond donors (Lipinski definition) is 0. The predicted octanol–water partition coefficient (Wildman–Crippen LogP) is 4.86. The highest BCUT2D eigenvalue weighted by atomic mass is 79.9. The van der Waals surface area contributed by atoms with Gasteiger partial charge in [0.15, 0.2) is 9.84 Å². The third-order valence-corrected chi connectivity index (χ3v) is 5.66. The van der Waals surface area contributed by atoms with Gasteiger partial charge in [-0.25, -0.2) is 17.2 Å². The van der Waals surface area contributed by atoms with Crippen LogP contribution in [-0.4, -0.2) is 19.5 Å². The molecule has 0 N–H and O–H groups in total. The highest BCUT2D eigenvalue weighted by molar-refractivity contribution is 9.09. The molecule has 1 aromatic rings. The molecule has 1 aromatic carbocycles. The van der Waals surface area contributed by atoms with E-state index >= 15 is 0 Å². The zero-order chi connectivity index (χ0) is 15.7. The zero-order valence-corrected chi connectivity index (χ0v) is 14.4. The van der Waals surface area contributed by atoms with Gasteiger partial charge in [-0.05, 0) is 25.0 Å². The van der Waals surface area contributed by atoms with Gasteiger partial charge in [0.05, 0.1) is 5.75 Å². The van der Waals surface area contributed by atoms with Crippen molar-refractivity contribution in [3.8, 4) is 0 Å². The summed E-state index contributed by atoms with van der Waals surface area (Å²) in [7, 11) is -3.66. The Bertz CT molecular complexity index is 532. The molecule has 0 saturated heterocycles. The van der Waals surface area contributed by atoms with Crippen LogP contribution in [0.25, 0.3) is 0 Å². The molecule has 6 heteroatoms. The minimum atomic E-state index is -3.66. The van der Waals surface area contributed by atoms with Crippen molar-refractivity contribution in [3.63, 3.8) is 0 Å². The van der Waals surface area contributed by atoms with Crippen LogP contribution in [0, 0.1) is 11.6 Å². The average Bonchev–Trinajstić information content (AvgIpc) is 2.41. The van der Waals surface area contributed by atoms with E-state index in [1.807, 2.05) is 0 Å². The number of halogens is 3. The van der Waals surface area contributed by atoms with Crippen LogP contribution >= 0.6 is 15.9 Å². The molecule has 21 heavy (non-hydrogen) atoms. The number of unbranched alkanes of at least 4 members (excludes halogenated alkanes) is 6. The second-order valence-corrected chi connectivity index (χ2v) is 7.93. The Hall–Kier alpha value is -0.490. The Labute approximate surface area is 134 Å². The van der Waals surface area contributed by atoms with E-state index < -0.39 is 26.4 Å². The molecule has 0 atom stereocenters. The lowest BCUT2D eigenvalue weighted by atomic mass is 10.1. The van der Waals surface area contributed by atoms with Crippen LogP contribution in [0.3, 0.4) is 0 Å². The summed E-state index contributed by atoms with van der Waals surface area (Å²) in [6.45, 7) is 0. The van der Waals surface area contributed by atoms with E-state index in [9.17, 15) is 17.2 Å². The molecule has 2 nitrogen and oxygen atoms in total. The maximum atomic E-state index is 13.5. The van der Waals surface area contributed by atoms with Gasteiger partial charge in [0.2, 0.25) is 0 Å². The van der Waals surface area contributed by atoms with Crippen molar-refractivity contribution >= 4 is 25.8 Å². The van der Waals surface area contributed by atoms with E-state index in [0.717, 1.165) is 49.6 Å². The number of sulfone groups is 1. The highest BCUT2D eigenvalue weighted by Gasteiger charge is 2.19. The average molecular weight is 383 g/mol. The Morgan fingerprint density at radius 3 is 2.05 bits per heavy atom. The van der Waals surface area contributed by atoms with Crippen molar-refractivity contribution in [2.24, 2.45) is 0 Å². The first-order valence-corrected chi connectivity index (χ1v) is 9.98. The fraction of sp³-hybridized carbons (Fsp3) is 0.600. The molecule has 1 rings (SSSR count). The number of benzene rings is 1. The monoisotopic (exact) mass is 382 g/mol. The lowest BCUT2D eigenvalue weighted by molar-refractivity contribution is 0.546. The first kappa shape index (κ1) is 18.6. The van der Waals surface area contributed by atoms with Gasteiger partial charge in [-0.1, -0.05) is 48.0 Å². The van der Waals surface area contributed by atoms with Crippen LogP contribution in [0.5, 0.6) is 0 Å². The molecular weight excluding hydrogens is 362 g/mol. The van der Waals surface area contributed by atoms with E-state index in [1.165, 1.54) is 6.42 Å². The molecule has 0 bridgehead atoms. The minimum absolute atomic E-state index is 0.0864. The molecule has 0 radical (unpaired) electrons. The van der Waals surface area contributed by atoms with Crippen LogP contribution in [0.1, 0.15) is 44.9 Å². The zero-order valence-electron chi connectivity index (χ0n) is 12.0. The van der Waals surface area contributed by atoms with Gasteiger partial charge in [-0.2, -0.15) is 0 Å². The van der Waals surface area contributed by atoms with Gasteiger partial charge < -0.3 is 0 Å². The minimum Gasteiger partial charge on any atom is -0.224 e. The summed E-state index contributed by atoms with van der Waals surface area (Å²) in [6, 6.07) is 2.58. The first-order chi connectivity index (χ1) is 9.97. The van der Waals surface area contributed by atoms with Gasteiger partial charge in [0.1, 0.15) is 16.5 Å². The van der Waals surface area contributed by atoms with Crippen molar-refractivity contribution in [1.82, 2.24) is 0 Å². The van der Waals surface area contributed by atoms with Gasteiger partial charge in [0.25, 0.3) is 0 Å². The number of rotatable bonds is 10. The van der Waals surface area contributed by atoms with Gasteiger partial charge in [-0.3, -0.25) is 0 Å². The molecule has 0 aliphatic carbocycles. The molecule has 0 aliphatic rings. The summed E-state index contributed by atoms with van der Waals surface area (Å²) in [5.74, 6) is -1.86. The Morgan fingerprint density at radius 2 is 1.48 bits per heavy atom. The summed E-state index contributed by atoms with van der Waals surface area (Å²) in [5, 5.41) is 1.02. The molecule has 0 spiro atoms. The quantitative estimate of drug-likeness (QED) is 0.328. The number of hydrogen-bond acceptors (Lipinski definition) is 2. The molecule has 0 heterocycles. The van der Waals surface area contributed by atoms with Crippen molar-refractivity contribution in [2.75, 3.05) is 11.1 Å². The highest BCUT2D eigenvalue weighted by Crippen LogP contribution is 2.18. The molecule has 0 amide bonds. The summed E-state index contributed by atoms with van der Waals surface area (Å²) in [4.78, 5) is -0.402. The van der Waals surface area contributed by atoms with Gasteiger partial charge >= 0.3 is 0 Å². The topological polar surface area (TPSA) is 34.1 Å². The fourth-order valence-corrected chi connectivity index (χ4v) is 3.94. The van der Waals surface area contributed by atoms with E-state index in [2.05, 4.69) is 15.9 Å². The molecule has 0 unspecified atom stereocenters. The van der Waals surface area contributed by atoms with Crippen LogP contribution in [0.2, 0.25) is 0 Å². The van der Waals surface area contributed by atoms with Crippen LogP contribution in [0.15, 0.2) is 23.1 Å². The van der Waals surface area contributed by atoms with Crippen molar-refractivity contribution in [3.05, 3.63) is 29.8 Å². The van der Waals surface area contributed by atoms with Gasteiger partial charge in [0, 0.05) is 11.4 Å². The van der Waals surface area contributed by atoms with E-state index in [0.29, 0.717) is 12.5 Å². The third-order valence-electron chi connectivity index (χ3n) is 3.28. The van der Waals surface area contributed by atoms with Crippen LogP contribution in [0.4, 0.5) is 8.78 Å². The largest absolute Gasteiger partial charge is 0.224 e. The van der Waals surface area contributed by atoms with Crippen molar-refractivity contribution in [1.29, 1.82) is 0 Å². The van der Waals surface area contributed by atoms with E-state index in [1.54, 1.807) is 0 Å². The molecule has 0 fully saturated rings. The fourth-order valence-electron chi connectivity index (χ4n) is 2.11. The second kappa shape index (κ2) is 9.51. The van der Waals surface area contributed by atoms with Gasteiger partial charge in [-0.15, -0.1) is 0 Å². The maximum absolute atomic E-state index is 13.5. The molecule has 0 aromatic heterocycles. The maximum Gasteiger partial charge on any atom is 0.181 e. The smallest absolute Gasteiger partial charge is 0.181 e. The molecule has 120 valence electrons.